The van der Waals surface area contributed by atoms with Crippen LogP contribution in [0.3, 0.4) is 0 Å². The first-order chi connectivity index (χ1) is 18.6. The Bertz CT molecular complexity index is 1120. The highest BCUT2D eigenvalue weighted by Gasteiger charge is 2.18. The third-order valence-electron chi connectivity index (χ3n) is 5.93. The molecule has 0 atom stereocenters. The van der Waals surface area contributed by atoms with E-state index in [-0.39, 0.29) is 17.8 Å². The molecule has 0 unspecified atom stereocenters. The fourth-order valence-corrected chi connectivity index (χ4v) is 4.04. The van der Waals surface area contributed by atoms with E-state index in [4.69, 9.17) is 0 Å². The van der Waals surface area contributed by atoms with Gasteiger partial charge in [0, 0.05) is 32.5 Å². The van der Waals surface area contributed by atoms with Crippen molar-refractivity contribution in [3.8, 4) is 0 Å². The third kappa shape index (κ3) is 7.89. The van der Waals surface area contributed by atoms with Gasteiger partial charge in [0.1, 0.15) is 0 Å². The average Bonchev–Trinajstić information content (AvgIpc) is 3.41. The molecule has 0 saturated carbocycles. The van der Waals surface area contributed by atoms with Crippen molar-refractivity contribution in [1.82, 2.24) is 21.6 Å². The van der Waals surface area contributed by atoms with Crippen LogP contribution in [-0.4, -0.2) is 44.0 Å². The second kappa shape index (κ2) is 13.5. The number of carbonyl (C=O) groups is 3. The van der Waals surface area contributed by atoms with Gasteiger partial charge in [-0.3, -0.25) is 35.5 Å². The molecule has 38 heavy (non-hydrogen) atoms. The molecule has 3 aliphatic heterocycles. The summed E-state index contributed by atoms with van der Waals surface area (Å²) in [5.41, 5.74) is 11.4. The molecule has 10 nitrogen and oxygen atoms in total. The number of urea groups is 1. The number of hydrazine groups is 3. The van der Waals surface area contributed by atoms with Crippen molar-refractivity contribution < 1.29 is 14.4 Å². The molecule has 3 aromatic carbocycles. The first-order valence-corrected chi connectivity index (χ1v) is 12.7. The number of anilines is 3. The quantitative estimate of drug-likeness (QED) is 0.427. The van der Waals surface area contributed by atoms with E-state index in [0.717, 1.165) is 43.1 Å². The molecular formula is C28H33N7O3. The summed E-state index contributed by atoms with van der Waals surface area (Å²) in [4.78, 5) is 33.0. The lowest BCUT2D eigenvalue weighted by Gasteiger charge is -2.29. The molecule has 0 radical (unpaired) electrons. The van der Waals surface area contributed by atoms with E-state index in [1.54, 1.807) is 0 Å². The predicted molar refractivity (Wildman–Crippen MR) is 148 cm³/mol. The molecule has 10 heteroatoms. The maximum atomic E-state index is 11.1. The molecule has 0 spiro atoms. The van der Waals surface area contributed by atoms with Crippen molar-refractivity contribution in [2.24, 2.45) is 0 Å². The van der Waals surface area contributed by atoms with Gasteiger partial charge in [0.15, 0.2) is 0 Å². The van der Waals surface area contributed by atoms with Gasteiger partial charge < -0.3 is 5.32 Å². The number of hydrogen-bond donors (Lipinski definition) is 4. The maximum absolute atomic E-state index is 11.1. The first-order valence-electron chi connectivity index (χ1n) is 12.7. The molecular weight excluding hydrogens is 482 g/mol. The van der Waals surface area contributed by atoms with Gasteiger partial charge in [-0.1, -0.05) is 54.6 Å². The Kier molecular flexibility index (Phi) is 9.39. The first kappa shape index (κ1) is 26.3. The summed E-state index contributed by atoms with van der Waals surface area (Å²) < 4.78 is 0. The predicted octanol–water partition coefficient (Wildman–Crippen LogP) is 2.97. The standard InChI is InChI=1S/C10H12N2O.C9H11N3O.C9H10N2O/c13-10-7-4-8-12(11-10)9-5-2-1-3-6-9;13-9-10-6-7-12(11-9)8-4-2-1-3-5-8;12-9-6-7-11(10-9)8-4-2-1-3-5-8/h1-3,5-6H,4,7-8H2,(H,11,13);1-5H,6-7H2,(H2,10,11,13);1-5H,6-7H2,(H,10,12). The van der Waals surface area contributed by atoms with Crippen molar-refractivity contribution in [3.63, 3.8) is 0 Å². The van der Waals surface area contributed by atoms with Crippen molar-refractivity contribution in [2.75, 3.05) is 41.2 Å². The molecule has 0 bridgehead atoms. The van der Waals surface area contributed by atoms with E-state index in [2.05, 4.69) is 21.6 Å². The van der Waals surface area contributed by atoms with Crippen molar-refractivity contribution in [3.05, 3.63) is 91.0 Å². The summed E-state index contributed by atoms with van der Waals surface area (Å²) in [6.45, 7) is 3.13. The highest BCUT2D eigenvalue weighted by atomic mass is 16.2. The van der Waals surface area contributed by atoms with Gasteiger partial charge >= 0.3 is 6.03 Å². The van der Waals surface area contributed by atoms with Crippen molar-refractivity contribution in [1.29, 1.82) is 0 Å². The van der Waals surface area contributed by atoms with Crippen LogP contribution in [0, 0.1) is 0 Å². The van der Waals surface area contributed by atoms with E-state index in [1.165, 1.54) is 0 Å². The maximum Gasteiger partial charge on any atom is 0.333 e. The highest BCUT2D eigenvalue weighted by molar-refractivity contribution is 5.81. The normalized spacial score (nSPS) is 16.5. The number of hydrogen-bond acceptors (Lipinski definition) is 6. The van der Waals surface area contributed by atoms with Gasteiger partial charge in [0.25, 0.3) is 0 Å². The van der Waals surface area contributed by atoms with Crippen LogP contribution in [0.2, 0.25) is 0 Å². The Balaban J connectivity index is 0.000000133. The number of carbonyl (C=O) groups excluding carboxylic acids is 3. The van der Waals surface area contributed by atoms with E-state index in [0.29, 0.717) is 19.4 Å². The molecule has 4 amide bonds. The van der Waals surface area contributed by atoms with Crippen molar-refractivity contribution in [2.45, 2.75) is 19.3 Å². The largest absolute Gasteiger partial charge is 0.335 e. The van der Waals surface area contributed by atoms with Gasteiger partial charge in [-0.05, 0) is 42.8 Å². The Morgan fingerprint density at radius 3 is 1.37 bits per heavy atom. The Labute approximate surface area is 222 Å². The fourth-order valence-electron chi connectivity index (χ4n) is 4.04. The molecule has 6 rings (SSSR count). The van der Waals surface area contributed by atoms with Crippen LogP contribution in [0.4, 0.5) is 21.9 Å². The zero-order chi connectivity index (χ0) is 26.6. The van der Waals surface area contributed by atoms with Gasteiger partial charge in [0.05, 0.1) is 23.6 Å². The number of benzene rings is 3. The van der Waals surface area contributed by atoms with E-state index in [1.807, 2.05) is 106 Å². The number of amides is 4. The van der Waals surface area contributed by atoms with Gasteiger partial charge in [-0.15, -0.1) is 0 Å². The summed E-state index contributed by atoms with van der Waals surface area (Å²) in [5.74, 6) is 0.203. The topological polar surface area (TPSA) is 109 Å². The van der Waals surface area contributed by atoms with Crippen LogP contribution >= 0.6 is 0 Å². The molecule has 3 aromatic rings. The molecule has 3 saturated heterocycles. The monoisotopic (exact) mass is 515 g/mol. The Morgan fingerprint density at radius 1 is 0.500 bits per heavy atom. The van der Waals surface area contributed by atoms with E-state index < -0.39 is 0 Å². The minimum atomic E-state index is -0.143. The Hall–Kier alpha value is -4.73. The van der Waals surface area contributed by atoms with Crippen LogP contribution in [0.1, 0.15) is 19.3 Å². The number of nitrogens with one attached hydrogen (secondary N) is 4. The summed E-state index contributed by atoms with van der Waals surface area (Å²) in [6.07, 6.45) is 2.17. The summed E-state index contributed by atoms with van der Waals surface area (Å²) in [6, 6.07) is 29.4. The molecule has 3 fully saturated rings. The van der Waals surface area contributed by atoms with Crippen LogP contribution in [0.15, 0.2) is 91.0 Å². The van der Waals surface area contributed by atoms with Crippen molar-refractivity contribution >= 4 is 34.9 Å². The number of nitrogens with zero attached hydrogens (tertiary/aromatic N) is 3. The fraction of sp³-hybridized carbons (Fsp3) is 0.250. The minimum Gasteiger partial charge on any atom is -0.335 e. The zero-order valence-electron chi connectivity index (χ0n) is 21.2. The Morgan fingerprint density at radius 2 is 0.947 bits per heavy atom. The average molecular weight is 516 g/mol. The lowest BCUT2D eigenvalue weighted by molar-refractivity contribution is -0.122. The van der Waals surface area contributed by atoms with Gasteiger partial charge in [-0.2, -0.15) is 0 Å². The number of para-hydroxylation sites is 3. The van der Waals surface area contributed by atoms with Crippen LogP contribution in [-0.2, 0) is 9.59 Å². The lowest BCUT2D eigenvalue weighted by atomic mass is 10.2. The summed E-state index contributed by atoms with van der Waals surface area (Å²) in [7, 11) is 0. The molecule has 3 aliphatic rings. The third-order valence-corrected chi connectivity index (χ3v) is 5.93. The number of rotatable bonds is 3. The molecule has 0 aromatic heterocycles. The van der Waals surface area contributed by atoms with Crippen LogP contribution in [0.25, 0.3) is 0 Å². The minimum absolute atomic E-state index is 0.0962. The molecule has 3 heterocycles. The molecule has 0 aliphatic carbocycles. The van der Waals surface area contributed by atoms with E-state index >= 15 is 0 Å². The van der Waals surface area contributed by atoms with Crippen LogP contribution < -0.4 is 36.6 Å². The molecule has 198 valence electrons. The lowest BCUT2D eigenvalue weighted by Crippen LogP contribution is -2.56. The summed E-state index contributed by atoms with van der Waals surface area (Å²) >= 11 is 0. The zero-order valence-corrected chi connectivity index (χ0v) is 21.2. The second-order valence-corrected chi connectivity index (χ2v) is 8.75. The van der Waals surface area contributed by atoms with Gasteiger partial charge in [0.2, 0.25) is 11.8 Å². The van der Waals surface area contributed by atoms with Gasteiger partial charge in [-0.25, -0.2) is 10.2 Å². The SMILES string of the molecule is O=C1CCCN(c2ccccc2)N1.O=C1CCN(c2ccccc2)N1.O=C1NCCN(c2ccccc2)N1. The molecule has 4 N–H and O–H groups in total. The second-order valence-electron chi connectivity index (χ2n) is 8.75. The van der Waals surface area contributed by atoms with Crippen LogP contribution in [0.5, 0.6) is 0 Å². The van der Waals surface area contributed by atoms with E-state index in [9.17, 15) is 14.4 Å². The smallest absolute Gasteiger partial charge is 0.333 e. The highest BCUT2D eigenvalue weighted by Crippen LogP contribution is 2.15. The summed E-state index contributed by atoms with van der Waals surface area (Å²) in [5, 5.41) is 8.28.